The van der Waals surface area contributed by atoms with Crippen LogP contribution in [0.1, 0.15) is 12.8 Å². The minimum atomic E-state index is -9.27. The molecule has 4 atom stereocenters. The van der Waals surface area contributed by atoms with Gasteiger partial charge in [-0.05, 0) is 9.13 Å². The number of halogens is 42. The highest BCUT2D eigenvalue weighted by molar-refractivity contribution is 7.30. The Balaban J connectivity index is -0.000000704. The van der Waals surface area contributed by atoms with E-state index in [-0.39, 0.29) is 12.3 Å². The van der Waals surface area contributed by atoms with Crippen LogP contribution in [0.15, 0.2) is 0 Å². The van der Waals surface area contributed by atoms with Crippen LogP contribution < -0.4 is 22.1 Å². The van der Waals surface area contributed by atoms with Crippen LogP contribution in [0.5, 0.6) is 0 Å². The van der Waals surface area contributed by atoms with Crippen LogP contribution in [0.4, 0.5) is 184 Å². The van der Waals surface area contributed by atoms with Crippen molar-refractivity contribution >= 4 is 16.5 Å². The van der Waals surface area contributed by atoms with Crippen LogP contribution in [0.25, 0.3) is 0 Å². The maximum atomic E-state index is 13.6. The molecular weight excluding hydrogens is 1330 g/mol. The molecule has 54 heteroatoms. The topological polar surface area (TPSA) is 212 Å². The predicted octanol–water partition coefficient (Wildman–Crippen LogP) is 12.9. The molecule has 0 saturated heterocycles. The highest BCUT2D eigenvalue weighted by atomic mass is 31.1. The third-order valence-corrected chi connectivity index (χ3v) is 9.60. The summed E-state index contributed by atoms with van der Waals surface area (Å²) < 4.78 is 580. The first-order valence-electron chi connectivity index (χ1n) is 17.0. The third-order valence-electron chi connectivity index (χ3n) is 8.88. The number of quaternary nitrogens is 2. The molecule has 0 aromatic carbocycles. The molecule has 80 heavy (non-hydrogen) atoms. The van der Waals surface area contributed by atoms with Gasteiger partial charge in [-0.25, -0.2) is 0 Å². The van der Waals surface area contributed by atoms with Crippen molar-refractivity contribution < 1.29 is 223 Å². The van der Waals surface area contributed by atoms with Crippen LogP contribution in [0.3, 0.4) is 0 Å². The molecule has 0 saturated carbocycles. The zero-order valence-corrected chi connectivity index (χ0v) is 37.9. The van der Waals surface area contributed by atoms with E-state index in [1.165, 1.54) is 0 Å². The number of aliphatic hydroxyl groups is 2. The monoisotopic (exact) mass is 1350 g/mol. The number of hydrogen-bond donors (Lipinski definition) is 4. The SMILES string of the molecule is O=[P+]([O-])OCC(O)CC(F)(F)C(F)(F)C(F)(F)C(F)(F)C(F)(F)C(F)(F)C(F)(F)C(F)(F)C(F)(F)C(F)(F)F.O=[P+]([O-])OCC(O)CC(F)(F)C(F)(F)C(F)(F)C(F)(F)C(F)(F)C(F)(F)C(F)(F)C(F)(F)C(F)(F)C(F)(F)F.[NH4+].[NH4+]. The van der Waals surface area contributed by atoms with Gasteiger partial charge in [-0.3, -0.25) is 0 Å². The summed E-state index contributed by atoms with van der Waals surface area (Å²) in [7, 11) is -8.22. The normalized spacial score (nSPS) is 16.9. The lowest BCUT2D eigenvalue weighted by atomic mass is 9.85. The molecule has 0 spiro atoms. The van der Waals surface area contributed by atoms with Gasteiger partial charge in [0.05, 0.1) is 12.2 Å². The largest absolute Gasteiger partial charge is 0.566 e. The lowest BCUT2D eigenvalue weighted by Gasteiger charge is -2.44. The molecule has 0 fully saturated rings. The summed E-state index contributed by atoms with van der Waals surface area (Å²) in [5.74, 6) is -157. The fourth-order valence-electron chi connectivity index (χ4n) is 4.44. The van der Waals surface area contributed by atoms with Crippen molar-refractivity contribution in [3.63, 3.8) is 0 Å². The maximum Gasteiger partial charge on any atom is 0.488 e. The molecule has 0 aliphatic carbocycles. The lowest BCUT2D eigenvalue weighted by Crippen LogP contribution is -2.76. The van der Waals surface area contributed by atoms with E-state index in [2.05, 4.69) is 9.05 Å². The Morgan fingerprint density at radius 3 is 0.525 bits per heavy atom. The van der Waals surface area contributed by atoms with Crippen molar-refractivity contribution in [3.8, 4) is 0 Å². The van der Waals surface area contributed by atoms with Crippen molar-refractivity contribution in [2.45, 2.75) is 144 Å². The molecule has 484 valence electrons. The average molecular weight is 1350 g/mol. The molecule has 0 aliphatic rings. The van der Waals surface area contributed by atoms with Gasteiger partial charge in [-0.15, -0.1) is 9.05 Å². The van der Waals surface area contributed by atoms with Crippen molar-refractivity contribution in [1.82, 2.24) is 12.3 Å². The summed E-state index contributed by atoms with van der Waals surface area (Å²) in [5, 5.41) is 17.7. The minimum Gasteiger partial charge on any atom is -0.566 e. The van der Waals surface area contributed by atoms with Gasteiger partial charge >= 0.3 is 135 Å². The smallest absolute Gasteiger partial charge is 0.488 e. The summed E-state index contributed by atoms with van der Waals surface area (Å²) >= 11 is 0. The van der Waals surface area contributed by atoms with Crippen molar-refractivity contribution in [3.05, 3.63) is 0 Å². The number of rotatable bonds is 26. The van der Waals surface area contributed by atoms with Crippen molar-refractivity contribution in [1.29, 1.82) is 0 Å². The van der Waals surface area contributed by atoms with Crippen LogP contribution >= 0.6 is 16.5 Å². The zero-order chi connectivity index (χ0) is 64.6. The van der Waals surface area contributed by atoms with Gasteiger partial charge < -0.3 is 32.3 Å². The molecule has 0 aliphatic heterocycles. The van der Waals surface area contributed by atoms with E-state index in [0.29, 0.717) is 0 Å². The molecule has 10 nitrogen and oxygen atoms in total. The molecular formula is C26H20F42N2O8P2+2. The number of aliphatic hydroxyl groups excluding tert-OH is 2. The summed E-state index contributed by atoms with van der Waals surface area (Å²) in [4.78, 5) is 20.0. The molecule has 0 rings (SSSR count). The minimum absolute atomic E-state index is 0. The average Bonchev–Trinajstić information content (AvgIpc) is 3.19. The standard InChI is InChI=1S/2C13H6F21O4P.2H3N/c2*14-4(15,1-3(35)2-38-39(36)37)5(16,17)6(18,19)7(20,21)8(22,23)9(24,25)10(26,27)11(28,29)12(30,31)13(32,33)34;;/h2*3,35H,1-2H2;2*1H3/p+2. The van der Waals surface area contributed by atoms with E-state index in [1.54, 1.807) is 0 Å². The predicted molar refractivity (Wildman–Crippen MR) is 161 cm³/mol. The van der Waals surface area contributed by atoms with Crippen LogP contribution in [-0.4, -0.2) is 155 Å². The zero-order valence-electron chi connectivity index (χ0n) is 36.1. The summed E-state index contributed by atoms with van der Waals surface area (Å²) in [5.41, 5.74) is 0. The second-order valence-corrected chi connectivity index (χ2v) is 15.8. The second-order valence-electron chi connectivity index (χ2n) is 14.3. The first kappa shape index (κ1) is 83.4. The first-order chi connectivity index (χ1) is 33.1. The summed E-state index contributed by atoms with van der Waals surface area (Å²) in [6.07, 6.45) is -29.7. The van der Waals surface area contributed by atoms with Gasteiger partial charge in [-0.2, -0.15) is 184 Å². The van der Waals surface area contributed by atoms with E-state index < -0.39 is 174 Å². The molecule has 0 heterocycles. The van der Waals surface area contributed by atoms with Crippen LogP contribution in [-0.2, 0) is 18.2 Å². The van der Waals surface area contributed by atoms with Crippen LogP contribution in [0.2, 0.25) is 0 Å². The van der Waals surface area contributed by atoms with Gasteiger partial charge in [0.15, 0.2) is 0 Å². The fourth-order valence-corrected chi connectivity index (χ4v) is 5.03. The van der Waals surface area contributed by atoms with Gasteiger partial charge in [0, 0.05) is 12.8 Å². The highest BCUT2D eigenvalue weighted by Crippen LogP contribution is 2.69. The Morgan fingerprint density at radius 1 is 0.275 bits per heavy atom. The first-order valence-corrected chi connectivity index (χ1v) is 19.2. The lowest BCUT2D eigenvalue weighted by molar-refractivity contribution is -0.474. The Bertz CT molecular complexity index is 1950. The molecule has 0 aromatic rings. The molecule has 0 radical (unpaired) electrons. The van der Waals surface area contributed by atoms with E-state index in [9.17, 15) is 203 Å². The number of alkyl halides is 42. The van der Waals surface area contributed by atoms with E-state index in [0.717, 1.165) is 0 Å². The quantitative estimate of drug-likeness (QED) is 0.0482. The van der Waals surface area contributed by atoms with Crippen molar-refractivity contribution in [2.75, 3.05) is 13.2 Å². The highest BCUT2D eigenvalue weighted by Gasteiger charge is 3.00. The molecule has 0 amide bonds. The van der Waals surface area contributed by atoms with E-state index in [4.69, 9.17) is 10.2 Å². The molecule has 10 N–H and O–H groups in total. The van der Waals surface area contributed by atoms with Gasteiger partial charge in [0.2, 0.25) is 0 Å². The third kappa shape index (κ3) is 12.8. The van der Waals surface area contributed by atoms with Crippen molar-refractivity contribution in [2.24, 2.45) is 0 Å². The Hall–Kier alpha value is -3.06. The molecule has 4 unspecified atom stereocenters. The van der Waals surface area contributed by atoms with Gasteiger partial charge in [0.1, 0.15) is 13.2 Å². The fraction of sp³-hybridized carbons (Fsp3) is 1.00. The second kappa shape index (κ2) is 23.4. The Labute approximate surface area is 409 Å². The number of hydrogen-bond acceptors (Lipinski definition) is 8. The molecule has 0 aromatic heterocycles. The maximum absolute atomic E-state index is 13.6. The molecule has 0 bridgehead atoms. The van der Waals surface area contributed by atoms with E-state index >= 15 is 0 Å². The summed E-state index contributed by atoms with van der Waals surface area (Å²) in [6.45, 7) is -4.12. The van der Waals surface area contributed by atoms with Crippen LogP contribution in [0, 0.1) is 0 Å². The van der Waals surface area contributed by atoms with Gasteiger partial charge in [-0.1, -0.05) is 0 Å². The van der Waals surface area contributed by atoms with E-state index in [1.807, 2.05) is 0 Å². The Kier molecular flexibility index (Phi) is 24.4. The van der Waals surface area contributed by atoms with Gasteiger partial charge in [0.25, 0.3) is 0 Å². The Morgan fingerprint density at radius 2 is 0.400 bits per heavy atom. The summed E-state index contributed by atoms with van der Waals surface area (Å²) in [6, 6.07) is 0.